The zero-order chi connectivity index (χ0) is 17.7. The zero-order valence-electron chi connectivity index (χ0n) is 15.0. The Labute approximate surface area is 156 Å². The lowest BCUT2D eigenvalue weighted by Crippen LogP contribution is -2.34. The Kier molecular flexibility index (Phi) is 8.34. The van der Waals surface area contributed by atoms with Gasteiger partial charge in [0.2, 0.25) is 15.9 Å². The molecule has 2 unspecified atom stereocenters. The first-order chi connectivity index (χ1) is 11.4. The minimum absolute atomic E-state index is 0. The monoisotopic (exact) mass is 389 g/mol. The van der Waals surface area contributed by atoms with E-state index in [1.165, 1.54) is 4.31 Å². The summed E-state index contributed by atoms with van der Waals surface area (Å²) in [5.74, 6) is 0.0714. The van der Waals surface area contributed by atoms with Crippen molar-refractivity contribution >= 4 is 28.3 Å². The van der Waals surface area contributed by atoms with E-state index in [2.05, 4.69) is 10.6 Å². The third kappa shape index (κ3) is 5.17. The second kappa shape index (κ2) is 9.52. The molecule has 1 aliphatic rings. The number of amides is 1. The number of carbonyl (C=O) groups excluding carboxylic acids is 1. The van der Waals surface area contributed by atoms with Gasteiger partial charge in [0.15, 0.2) is 0 Å². The number of hydrogen-bond donors (Lipinski definition) is 2. The molecular formula is C17H28ClN3O3S. The average Bonchev–Trinajstić information content (AvgIpc) is 3.10. The molecule has 6 nitrogen and oxygen atoms in total. The normalized spacial score (nSPS) is 18.6. The van der Waals surface area contributed by atoms with E-state index in [-0.39, 0.29) is 35.2 Å². The molecule has 1 saturated heterocycles. The van der Waals surface area contributed by atoms with Crippen LogP contribution < -0.4 is 10.6 Å². The number of halogens is 1. The molecule has 0 aliphatic carbocycles. The Bertz CT molecular complexity index is 654. The molecule has 0 aromatic heterocycles. The van der Waals surface area contributed by atoms with E-state index in [9.17, 15) is 13.2 Å². The Morgan fingerprint density at radius 2 is 1.88 bits per heavy atom. The Morgan fingerprint density at radius 1 is 1.28 bits per heavy atom. The summed E-state index contributed by atoms with van der Waals surface area (Å²) in [5, 5.41) is 6.18. The van der Waals surface area contributed by atoms with E-state index in [1.54, 1.807) is 24.3 Å². The highest BCUT2D eigenvalue weighted by molar-refractivity contribution is 7.89. The van der Waals surface area contributed by atoms with Gasteiger partial charge in [-0.25, -0.2) is 8.42 Å². The second-order valence-corrected chi connectivity index (χ2v) is 8.02. The molecule has 142 valence electrons. The van der Waals surface area contributed by atoms with Crippen LogP contribution in [-0.4, -0.2) is 44.8 Å². The maximum Gasteiger partial charge on any atom is 0.243 e. The van der Waals surface area contributed by atoms with Crippen molar-refractivity contribution < 1.29 is 13.2 Å². The lowest BCUT2D eigenvalue weighted by atomic mass is 10.1. The van der Waals surface area contributed by atoms with Gasteiger partial charge in [0.25, 0.3) is 0 Å². The van der Waals surface area contributed by atoms with Crippen molar-refractivity contribution in [2.45, 2.75) is 38.1 Å². The molecule has 1 heterocycles. The molecule has 1 aromatic carbocycles. The number of nitrogens with zero attached hydrogens (tertiary/aromatic N) is 1. The molecule has 0 saturated carbocycles. The van der Waals surface area contributed by atoms with Crippen LogP contribution in [0.1, 0.15) is 38.8 Å². The molecule has 1 fully saturated rings. The highest BCUT2D eigenvalue weighted by Crippen LogP contribution is 2.20. The first-order valence-electron chi connectivity index (χ1n) is 8.51. The number of carbonyl (C=O) groups is 1. The average molecular weight is 390 g/mol. The molecule has 25 heavy (non-hydrogen) atoms. The minimum Gasteiger partial charge on any atom is -0.349 e. The van der Waals surface area contributed by atoms with Crippen LogP contribution in [0.3, 0.4) is 0 Å². The molecule has 0 radical (unpaired) electrons. The first kappa shape index (κ1) is 21.9. The largest absolute Gasteiger partial charge is 0.349 e. The SMILES string of the molecule is CCN(CC)S(=O)(=O)c1ccc(C(C)NC(=O)C2CCNC2)cc1.Cl. The van der Waals surface area contributed by atoms with Gasteiger partial charge in [0.05, 0.1) is 16.9 Å². The molecular weight excluding hydrogens is 362 g/mol. The van der Waals surface area contributed by atoms with Gasteiger partial charge < -0.3 is 10.6 Å². The molecule has 1 amide bonds. The summed E-state index contributed by atoms with van der Waals surface area (Å²) in [6.45, 7) is 8.05. The minimum atomic E-state index is -3.44. The smallest absolute Gasteiger partial charge is 0.243 e. The molecule has 2 atom stereocenters. The molecule has 8 heteroatoms. The summed E-state index contributed by atoms with van der Waals surface area (Å²) in [6.07, 6.45) is 0.861. The van der Waals surface area contributed by atoms with Crippen molar-refractivity contribution in [1.29, 1.82) is 0 Å². The lowest BCUT2D eigenvalue weighted by Gasteiger charge is -2.20. The van der Waals surface area contributed by atoms with Crippen molar-refractivity contribution in [2.75, 3.05) is 26.2 Å². The van der Waals surface area contributed by atoms with E-state index in [0.717, 1.165) is 25.1 Å². The Hall–Kier alpha value is -1.15. The summed E-state index contributed by atoms with van der Waals surface area (Å²) in [4.78, 5) is 12.5. The van der Waals surface area contributed by atoms with Gasteiger partial charge in [-0.05, 0) is 37.6 Å². The fraction of sp³-hybridized carbons (Fsp3) is 0.588. The highest BCUT2D eigenvalue weighted by atomic mass is 35.5. The number of benzene rings is 1. The molecule has 0 bridgehead atoms. The zero-order valence-corrected chi connectivity index (χ0v) is 16.6. The predicted octanol–water partition coefficient (Wildman–Crippen LogP) is 1.93. The van der Waals surface area contributed by atoms with Gasteiger partial charge in [-0.15, -0.1) is 12.4 Å². The number of nitrogens with one attached hydrogen (secondary N) is 2. The van der Waals surface area contributed by atoms with E-state index in [1.807, 2.05) is 20.8 Å². The standard InChI is InChI=1S/C17H27N3O3S.ClH/c1-4-20(5-2)24(22,23)16-8-6-14(7-9-16)13(3)19-17(21)15-10-11-18-12-15;/h6-9,13,15,18H,4-5,10-12H2,1-3H3,(H,19,21);1H. The van der Waals surface area contributed by atoms with Gasteiger partial charge >= 0.3 is 0 Å². The molecule has 0 spiro atoms. The summed E-state index contributed by atoms with van der Waals surface area (Å²) in [6, 6.07) is 6.62. The van der Waals surface area contributed by atoms with E-state index < -0.39 is 10.0 Å². The molecule has 2 N–H and O–H groups in total. The van der Waals surface area contributed by atoms with Crippen LogP contribution >= 0.6 is 12.4 Å². The predicted molar refractivity (Wildman–Crippen MR) is 101 cm³/mol. The maximum absolute atomic E-state index is 12.5. The van der Waals surface area contributed by atoms with Crippen molar-refractivity contribution in [1.82, 2.24) is 14.9 Å². The van der Waals surface area contributed by atoms with Gasteiger partial charge in [-0.1, -0.05) is 26.0 Å². The Morgan fingerprint density at radius 3 is 2.36 bits per heavy atom. The van der Waals surface area contributed by atoms with Crippen LogP contribution in [0.2, 0.25) is 0 Å². The van der Waals surface area contributed by atoms with Crippen LogP contribution in [0.5, 0.6) is 0 Å². The first-order valence-corrected chi connectivity index (χ1v) is 9.95. The maximum atomic E-state index is 12.5. The highest BCUT2D eigenvalue weighted by Gasteiger charge is 2.24. The fourth-order valence-corrected chi connectivity index (χ4v) is 4.39. The van der Waals surface area contributed by atoms with E-state index in [4.69, 9.17) is 0 Å². The van der Waals surface area contributed by atoms with Crippen LogP contribution in [-0.2, 0) is 14.8 Å². The van der Waals surface area contributed by atoms with Crippen LogP contribution in [0.15, 0.2) is 29.2 Å². The number of rotatable bonds is 7. The van der Waals surface area contributed by atoms with Gasteiger partial charge in [-0.2, -0.15) is 4.31 Å². The van der Waals surface area contributed by atoms with Crippen molar-refractivity contribution in [2.24, 2.45) is 5.92 Å². The van der Waals surface area contributed by atoms with Crippen LogP contribution in [0, 0.1) is 5.92 Å². The third-order valence-corrected chi connectivity index (χ3v) is 6.58. The van der Waals surface area contributed by atoms with Gasteiger partial charge in [0.1, 0.15) is 0 Å². The van der Waals surface area contributed by atoms with Crippen molar-refractivity contribution in [3.05, 3.63) is 29.8 Å². The van der Waals surface area contributed by atoms with Crippen molar-refractivity contribution in [3.63, 3.8) is 0 Å². The fourth-order valence-electron chi connectivity index (χ4n) is 2.93. The van der Waals surface area contributed by atoms with Crippen LogP contribution in [0.4, 0.5) is 0 Å². The quantitative estimate of drug-likeness (QED) is 0.746. The van der Waals surface area contributed by atoms with Crippen LogP contribution in [0.25, 0.3) is 0 Å². The molecule has 1 aromatic rings. The molecule has 2 rings (SSSR count). The van der Waals surface area contributed by atoms with E-state index >= 15 is 0 Å². The van der Waals surface area contributed by atoms with Gasteiger partial charge in [0, 0.05) is 19.6 Å². The summed E-state index contributed by atoms with van der Waals surface area (Å²) in [7, 11) is -3.44. The topological polar surface area (TPSA) is 78.5 Å². The van der Waals surface area contributed by atoms with E-state index in [0.29, 0.717) is 13.1 Å². The van der Waals surface area contributed by atoms with Gasteiger partial charge in [-0.3, -0.25) is 4.79 Å². The lowest BCUT2D eigenvalue weighted by molar-refractivity contribution is -0.125. The number of sulfonamides is 1. The summed E-state index contributed by atoms with van der Waals surface area (Å²) >= 11 is 0. The second-order valence-electron chi connectivity index (χ2n) is 6.08. The summed E-state index contributed by atoms with van der Waals surface area (Å²) in [5.41, 5.74) is 0.896. The Balaban J connectivity index is 0.00000312. The number of hydrogen-bond acceptors (Lipinski definition) is 4. The third-order valence-electron chi connectivity index (χ3n) is 4.51. The summed E-state index contributed by atoms with van der Waals surface area (Å²) < 4.78 is 26.4. The molecule has 1 aliphatic heterocycles. The van der Waals surface area contributed by atoms with Crippen molar-refractivity contribution in [3.8, 4) is 0 Å².